The van der Waals surface area contributed by atoms with Gasteiger partial charge in [0.1, 0.15) is 0 Å². The van der Waals surface area contributed by atoms with Crippen LogP contribution in [0.1, 0.15) is 40.5 Å². The van der Waals surface area contributed by atoms with E-state index in [4.69, 9.17) is 8.85 Å². The SMILES string of the molecule is CO[Si](OC)(C1CC(C)C1C)C1CC(C)C1C. The van der Waals surface area contributed by atoms with Gasteiger partial charge in [-0.1, -0.05) is 27.7 Å². The first kappa shape index (κ1) is 13.6. The normalized spacial score (nSPS) is 46.2. The van der Waals surface area contributed by atoms with Crippen molar-refractivity contribution in [3.8, 4) is 0 Å². The number of rotatable bonds is 4. The largest absolute Gasteiger partial charge is 0.397 e. The van der Waals surface area contributed by atoms with E-state index >= 15 is 0 Å². The van der Waals surface area contributed by atoms with Crippen LogP contribution in [0.25, 0.3) is 0 Å². The Labute approximate surface area is 107 Å². The van der Waals surface area contributed by atoms with Gasteiger partial charge in [-0.05, 0) is 36.5 Å². The van der Waals surface area contributed by atoms with Gasteiger partial charge in [0, 0.05) is 25.3 Å². The van der Waals surface area contributed by atoms with Crippen molar-refractivity contribution in [2.75, 3.05) is 14.2 Å². The van der Waals surface area contributed by atoms with Crippen molar-refractivity contribution in [1.82, 2.24) is 0 Å². The van der Waals surface area contributed by atoms with E-state index in [0.717, 1.165) is 23.7 Å². The van der Waals surface area contributed by atoms with Crippen LogP contribution < -0.4 is 0 Å². The van der Waals surface area contributed by atoms with Crippen molar-refractivity contribution in [2.24, 2.45) is 23.7 Å². The fourth-order valence-electron chi connectivity index (χ4n) is 4.09. The molecule has 17 heavy (non-hydrogen) atoms. The lowest BCUT2D eigenvalue weighted by Gasteiger charge is -2.57. The molecule has 0 bridgehead atoms. The summed E-state index contributed by atoms with van der Waals surface area (Å²) in [6, 6.07) is 0. The van der Waals surface area contributed by atoms with E-state index in [1.165, 1.54) is 12.8 Å². The van der Waals surface area contributed by atoms with Crippen LogP contribution in [0.5, 0.6) is 0 Å². The van der Waals surface area contributed by atoms with Gasteiger partial charge in [0.15, 0.2) is 0 Å². The zero-order valence-electron chi connectivity index (χ0n) is 12.2. The Balaban J connectivity index is 2.15. The van der Waals surface area contributed by atoms with E-state index in [0.29, 0.717) is 11.1 Å². The molecular formula is C14H28O2Si. The van der Waals surface area contributed by atoms with Crippen LogP contribution in [0, 0.1) is 23.7 Å². The molecule has 0 aromatic rings. The summed E-state index contributed by atoms with van der Waals surface area (Å²) in [4.78, 5) is 0. The predicted molar refractivity (Wildman–Crippen MR) is 73.2 cm³/mol. The van der Waals surface area contributed by atoms with Gasteiger partial charge in [0.2, 0.25) is 0 Å². The molecule has 0 aromatic carbocycles. The third-order valence-corrected chi connectivity index (χ3v) is 10.9. The first-order valence-corrected chi connectivity index (χ1v) is 9.05. The highest BCUT2D eigenvalue weighted by Gasteiger charge is 2.62. The van der Waals surface area contributed by atoms with Gasteiger partial charge in [-0.3, -0.25) is 0 Å². The first-order chi connectivity index (χ1) is 7.97. The Bertz CT molecular complexity index is 253. The Kier molecular flexibility index (Phi) is 3.73. The molecule has 2 aliphatic rings. The maximum absolute atomic E-state index is 6.05. The molecule has 0 spiro atoms. The van der Waals surface area contributed by atoms with Gasteiger partial charge in [-0.15, -0.1) is 0 Å². The Morgan fingerprint density at radius 3 is 1.29 bits per heavy atom. The van der Waals surface area contributed by atoms with Crippen molar-refractivity contribution in [1.29, 1.82) is 0 Å². The van der Waals surface area contributed by atoms with Crippen LogP contribution in [0.4, 0.5) is 0 Å². The van der Waals surface area contributed by atoms with Crippen LogP contribution in [-0.4, -0.2) is 22.8 Å². The number of hydrogen-bond donors (Lipinski definition) is 0. The second-order valence-electron chi connectivity index (χ2n) is 6.49. The molecule has 100 valence electrons. The molecule has 0 radical (unpaired) electrons. The van der Waals surface area contributed by atoms with E-state index in [1.54, 1.807) is 0 Å². The lowest BCUT2D eigenvalue weighted by Crippen LogP contribution is -2.61. The van der Waals surface area contributed by atoms with E-state index in [1.807, 2.05) is 14.2 Å². The molecule has 2 nitrogen and oxygen atoms in total. The Morgan fingerprint density at radius 1 is 0.765 bits per heavy atom. The molecule has 2 saturated carbocycles. The molecule has 2 rings (SSSR count). The van der Waals surface area contributed by atoms with Crippen molar-refractivity contribution in [3.63, 3.8) is 0 Å². The summed E-state index contributed by atoms with van der Waals surface area (Å²) < 4.78 is 12.1. The highest BCUT2D eigenvalue weighted by atomic mass is 28.4. The van der Waals surface area contributed by atoms with Gasteiger partial charge < -0.3 is 8.85 Å². The van der Waals surface area contributed by atoms with Crippen molar-refractivity contribution < 1.29 is 8.85 Å². The van der Waals surface area contributed by atoms with Gasteiger partial charge in [0.25, 0.3) is 0 Å². The summed E-state index contributed by atoms with van der Waals surface area (Å²) in [6.07, 6.45) is 2.62. The van der Waals surface area contributed by atoms with Crippen molar-refractivity contribution >= 4 is 8.56 Å². The van der Waals surface area contributed by atoms with Gasteiger partial charge >= 0.3 is 8.56 Å². The predicted octanol–water partition coefficient (Wildman–Crippen LogP) is 3.81. The third kappa shape index (κ3) is 1.82. The highest BCUT2D eigenvalue weighted by Crippen LogP contribution is 2.60. The summed E-state index contributed by atoms with van der Waals surface area (Å²) in [5, 5.41) is 0. The van der Waals surface area contributed by atoms with E-state index < -0.39 is 8.56 Å². The fourth-order valence-corrected chi connectivity index (χ4v) is 9.54. The van der Waals surface area contributed by atoms with Crippen LogP contribution in [0.15, 0.2) is 0 Å². The minimum Gasteiger partial charge on any atom is -0.397 e. The van der Waals surface area contributed by atoms with Gasteiger partial charge in [-0.2, -0.15) is 0 Å². The lowest BCUT2D eigenvalue weighted by atomic mass is 9.75. The lowest BCUT2D eigenvalue weighted by molar-refractivity contribution is 0.0872. The quantitative estimate of drug-likeness (QED) is 0.712. The Hall–Kier alpha value is 0.137. The summed E-state index contributed by atoms with van der Waals surface area (Å²) in [6.45, 7) is 9.48. The number of hydrogen-bond acceptors (Lipinski definition) is 2. The summed E-state index contributed by atoms with van der Waals surface area (Å²) in [5.74, 6) is 3.27. The van der Waals surface area contributed by atoms with E-state index in [-0.39, 0.29) is 0 Å². The average Bonchev–Trinajstić information content (AvgIpc) is 2.37. The third-order valence-electron chi connectivity index (χ3n) is 5.99. The molecule has 0 saturated heterocycles. The second-order valence-corrected chi connectivity index (χ2v) is 10.2. The Morgan fingerprint density at radius 2 is 1.12 bits per heavy atom. The summed E-state index contributed by atoms with van der Waals surface area (Å²) >= 11 is 0. The molecule has 6 atom stereocenters. The van der Waals surface area contributed by atoms with Crippen LogP contribution >= 0.6 is 0 Å². The molecule has 6 unspecified atom stereocenters. The maximum atomic E-state index is 6.05. The van der Waals surface area contributed by atoms with E-state index in [9.17, 15) is 0 Å². The summed E-state index contributed by atoms with van der Waals surface area (Å²) in [5.41, 5.74) is 1.43. The topological polar surface area (TPSA) is 18.5 Å². The smallest absolute Gasteiger partial charge is 0.344 e. The molecule has 2 aliphatic carbocycles. The van der Waals surface area contributed by atoms with Gasteiger partial charge in [0.05, 0.1) is 0 Å². The van der Waals surface area contributed by atoms with E-state index in [2.05, 4.69) is 27.7 Å². The minimum absolute atomic E-state index is 0.715. The molecule has 0 amide bonds. The van der Waals surface area contributed by atoms with Gasteiger partial charge in [-0.25, -0.2) is 0 Å². The zero-order valence-corrected chi connectivity index (χ0v) is 13.2. The van der Waals surface area contributed by atoms with Crippen molar-refractivity contribution in [2.45, 2.75) is 51.6 Å². The van der Waals surface area contributed by atoms with Crippen LogP contribution in [-0.2, 0) is 8.85 Å². The van der Waals surface area contributed by atoms with Crippen molar-refractivity contribution in [3.05, 3.63) is 0 Å². The molecular weight excluding hydrogens is 228 g/mol. The molecule has 0 aliphatic heterocycles. The van der Waals surface area contributed by atoms with Crippen LogP contribution in [0.2, 0.25) is 11.1 Å². The second kappa shape index (κ2) is 4.67. The maximum Gasteiger partial charge on any atom is 0.344 e. The molecule has 3 heteroatoms. The molecule has 0 N–H and O–H groups in total. The first-order valence-electron chi connectivity index (χ1n) is 7.08. The monoisotopic (exact) mass is 256 g/mol. The highest BCUT2D eigenvalue weighted by molar-refractivity contribution is 6.71. The zero-order chi connectivity index (χ0) is 12.8. The standard InChI is InChI=1S/C14H28O2Si/c1-9-7-13(11(9)3)17(15-5,16-6)14-8-10(2)12(14)4/h9-14H,7-8H2,1-6H3. The average molecular weight is 256 g/mol. The summed E-state index contributed by atoms with van der Waals surface area (Å²) in [7, 11) is 1.79. The molecule has 2 fully saturated rings. The molecule has 0 heterocycles. The van der Waals surface area contributed by atoms with Crippen LogP contribution in [0.3, 0.4) is 0 Å². The minimum atomic E-state index is -1.99. The molecule has 0 aromatic heterocycles. The fraction of sp³-hybridized carbons (Fsp3) is 1.00.